The van der Waals surface area contributed by atoms with Crippen molar-refractivity contribution in [3.8, 4) is 11.5 Å². The minimum Gasteiger partial charge on any atom is -1.00 e. The molecule has 0 bridgehead atoms. The summed E-state index contributed by atoms with van der Waals surface area (Å²) in [5.74, 6) is -1.35. The number of ether oxygens (including phenoxy) is 3. The van der Waals surface area contributed by atoms with Crippen molar-refractivity contribution in [2.45, 2.75) is 52.2 Å². The molecular weight excluding hydrogens is 905 g/mol. The van der Waals surface area contributed by atoms with E-state index in [-0.39, 0.29) is 48.8 Å². The number of anilines is 2. The van der Waals surface area contributed by atoms with E-state index in [9.17, 15) is 41.0 Å². The number of amides is 2. The number of pyridine rings is 2. The fourth-order valence-corrected chi connectivity index (χ4v) is 5.37. The first-order valence-electron chi connectivity index (χ1n) is 18.9. The number of aromatic nitrogens is 2. The third kappa shape index (κ3) is 18.3. The van der Waals surface area contributed by atoms with Gasteiger partial charge < -0.3 is 37.0 Å². The topological polar surface area (TPSA) is 132 Å². The molecule has 20 heteroatoms. The minimum absolute atomic E-state index is 0. The second-order valence-electron chi connectivity index (χ2n) is 14.3. The molecule has 0 aliphatic heterocycles. The van der Waals surface area contributed by atoms with Crippen LogP contribution in [0.3, 0.4) is 0 Å². The van der Waals surface area contributed by atoms with Crippen molar-refractivity contribution in [1.82, 2.24) is 0 Å². The normalized spacial score (nSPS) is 11.3. The molecule has 0 fully saturated rings. The highest BCUT2D eigenvalue weighted by Gasteiger charge is 2.32. The summed E-state index contributed by atoms with van der Waals surface area (Å²) in [7, 11) is 0. The van der Waals surface area contributed by atoms with Crippen LogP contribution in [-0.2, 0) is 17.8 Å². The third-order valence-electron chi connectivity index (χ3n) is 8.19. The van der Waals surface area contributed by atoms with Crippen molar-refractivity contribution in [2.24, 2.45) is 5.10 Å². The average molecular weight is 948 g/mol. The number of benzene rings is 4. The number of carbonyl (C=O) groups excluding carboxylic acids is 2. The van der Waals surface area contributed by atoms with E-state index >= 15 is 0 Å². The van der Waals surface area contributed by atoms with Crippen LogP contribution in [-0.4, -0.2) is 36.2 Å². The van der Waals surface area contributed by atoms with Gasteiger partial charge in [-0.3, -0.25) is 9.69 Å². The van der Waals surface area contributed by atoms with Gasteiger partial charge in [0.1, 0.15) is 17.1 Å². The van der Waals surface area contributed by atoms with E-state index in [1.54, 1.807) is 129 Å². The lowest BCUT2D eigenvalue weighted by atomic mass is 10.1. The van der Waals surface area contributed by atoms with Crippen LogP contribution in [0.5, 0.6) is 11.5 Å². The summed E-state index contributed by atoms with van der Waals surface area (Å²) in [4.78, 5) is 26.4. The Bertz CT molecular complexity index is 2430. The van der Waals surface area contributed by atoms with E-state index in [2.05, 4.69) is 25.3 Å². The Hall–Kier alpha value is -7.05. The van der Waals surface area contributed by atoms with Crippen LogP contribution < -0.4 is 52.0 Å². The van der Waals surface area contributed by atoms with E-state index in [1.807, 2.05) is 6.07 Å². The number of carbonyl (C=O) groups is 2. The van der Waals surface area contributed by atoms with Crippen molar-refractivity contribution >= 4 is 41.7 Å². The van der Waals surface area contributed by atoms with Gasteiger partial charge in [-0.25, -0.2) is 4.79 Å². The maximum absolute atomic E-state index is 12.9. The zero-order valence-electron chi connectivity index (χ0n) is 34.7. The van der Waals surface area contributed by atoms with Gasteiger partial charge >= 0.3 is 24.7 Å². The molecule has 0 unspecified atom stereocenters. The molecule has 2 aromatic heterocycles. The number of halogens is 8. The molecule has 0 aliphatic carbocycles. The summed E-state index contributed by atoms with van der Waals surface area (Å²) in [6.45, 7) is 5.58. The van der Waals surface area contributed by atoms with Gasteiger partial charge in [0.25, 0.3) is 0 Å². The Morgan fingerprint density at radius 3 is 1.63 bits per heavy atom. The van der Waals surface area contributed by atoms with E-state index in [1.165, 1.54) is 58.1 Å². The summed E-state index contributed by atoms with van der Waals surface area (Å²) in [6, 6.07) is 34.6. The SMILES string of the molecule is CC(C)(C)OC(=O)N(Cc1ccc(OC(F)(F)F)cc1)c1ccc(C([O-])=N[n+]2ccccc2)cc1.Cl.O=C(N[n+]1ccccc1)c1ccc(NCc2ccc(OC(F)(F)F)cc2)cc1.[Cl-]. The number of hydrogen-bond acceptors (Lipinski definition) is 8. The molecule has 0 saturated heterocycles. The molecule has 4 aromatic carbocycles. The Kier molecular flexibility index (Phi) is 19.0. The highest BCUT2D eigenvalue weighted by molar-refractivity contribution is 5.99. The van der Waals surface area contributed by atoms with Crippen LogP contribution >= 0.6 is 12.4 Å². The molecule has 2 amide bonds. The molecular formula is C45H42Cl2F6N6O6. The fraction of sp³-hybridized carbons (Fsp3) is 0.178. The zero-order valence-corrected chi connectivity index (χ0v) is 36.3. The summed E-state index contributed by atoms with van der Waals surface area (Å²) < 4.78 is 89.9. The summed E-state index contributed by atoms with van der Waals surface area (Å²) in [6.07, 6.45) is -3.46. The molecule has 6 rings (SSSR count). The van der Waals surface area contributed by atoms with Gasteiger partial charge in [-0.1, -0.05) is 57.9 Å². The maximum atomic E-state index is 12.9. The van der Waals surface area contributed by atoms with Crippen molar-refractivity contribution in [3.05, 3.63) is 181 Å². The van der Waals surface area contributed by atoms with Crippen LogP contribution in [0, 0.1) is 0 Å². The van der Waals surface area contributed by atoms with Gasteiger partial charge in [-0.2, -0.15) is 0 Å². The number of rotatable bonds is 12. The monoisotopic (exact) mass is 946 g/mol. The lowest BCUT2D eigenvalue weighted by Gasteiger charge is -2.28. The third-order valence-corrected chi connectivity index (χ3v) is 8.19. The van der Waals surface area contributed by atoms with Crippen LogP contribution in [0.25, 0.3) is 0 Å². The average Bonchev–Trinajstić information content (AvgIpc) is 3.22. The van der Waals surface area contributed by atoms with Crippen molar-refractivity contribution < 1.29 is 77.0 Å². The summed E-state index contributed by atoms with van der Waals surface area (Å²) >= 11 is 0. The molecule has 6 aromatic rings. The molecule has 344 valence electrons. The van der Waals surface area contributed by atoms with Gasteiger partial charge in [0.15, 0.2) is 12.4 Å². The summed E-state index contributed by atoms with van der Waals surface area (Å²) in [5.41, 5.74) is 5.29. The fourth-order valence-electron chi connectivity index (χ4n) is 5.37. The molecule has 12 nitrogen and oxygen atoms in total. The molecule has 2 heterocycles. The van der Waals surface area contributed by atoms with Gasteiger partial charge in [-0.15, -0.1) is 44.2 Å². The second kappa shape index (κ2) is 23.6. The number of alkyl halides is 6. The van der Waals surface area contributed by atoms with Gasteiger partial charge in [0.2, 0.25) is 12.4 Å². The van der Waals surface area contributed by atoms with Crippen molar-refractivity contribution in [2.75, 3.05) is 15.6 Å². The second-order valence-corrected chi connectivity index (χ2v) is 14.3. The van der Waals surface area contributed by atoms with E-state index in [4.69, 9.17) is 4.74 Å². The molecule has 0 saturated carbocycles. The number of hydrogen-bond donors (Lipinski definition) is 2. The Morgan fingerprint density at radius 1 is 0.662 bits per heavy atom. The van der Waals surface area contributed by atoms with Crippen LogP contribution in [0.2, 0.25) is 0 Å². The predicted molar refractivity (Wildman–Crippen MR) is 225 cm³/mol. The highest BCUT2D eigenvalue weighted by Crippen LogP contribution is 2.26. The van der Waals surface area contributed by atoms with Crippen molar-refractivity contribution in [1.29, 1.82) is 0 Å². The summed E-state index contributed by atoms with van der Waals surface area (Å²) in [5, 5.41) is 19.6. The standard InChI is InChI=1S/C25H24F3N3O4.C20H16F3N3O2.2ClH/c1-24(2,3)35-23(33)31(17-18-7-13-21(14-8-18)34-25(26,27)28)20-11-9-19(10-12-20)22(32)29-30-15-5-4-6-16-30;21-20(22,23)28-18-10-4-15(5-11-18)14-24-17-8-6-16(7-9-17)19(27)25-26-12-2-1-3-13-26;;/h4-16H,17H2,1-3H3;1-13H,14H2,(H-,24,25,27);2*1H. The molecule has 0 radical (unpaired) electrons. The van der Waals surface area contributed by atoms with Crippen LogP contribution in [0.15, 0.2) is 163 Å². The first kappa shape index (κ1) is 52.3. The Labute approximate surface area is 382 Å². The van der Waals surface area contributed by atoms with Gasteiger partial charge in [0.05, 0.1) is 12.4 Å². The van der Waals surface area contributed by atoms with E-state index in [0.29, 0.717) is 28.9 Å². The number of nitrogens with zero attached hydrogens (tertiary/aromatic N) is 4. The van der Waals surface area contributed by atoms with Gasteiger partial charge in [-0.05, 0) is 103 Å². The molecule has 0 spiro atoms. The minimum atomic E-state index is -4.80. The van der Waals surface area contributed by atoms with Crippen molar-refractivity contribution in [3.63, 3.8) is 0 Å². The zero-order chi connectivity index (χ0) is 45.6. The first-order chi connectivity index (χ1) is 29.8. The quantitative estimate of drug-likeness (QED) is 0.0699. The molecule has 65 heavy (non-hydrogen) atoms. The van der Waals surface area contributed by atoms with E-state index in [0.717, 1.165) is 11.3 Å². The van der Waals surface area contributed by atoms with E-state index < -0.39 is 30.3 Å². The van der Waals surface area contributed by atoms with Crippen LogP contribution in [0.1, 0.15) is 47.8 Å². The lowest BCUT2D eigenvalue weighted by molar-refractivity contribution is -0.681. The Morgan fingerprint density at radius 2 is 1.14 bits per heavy atom. The highest BCUT2D eigenvalue weighted by atomic mass is 35.5. The first-order valence-corrected chi connectivity index (χ1v) is 18.9. The largest absolute Gasteiger partial charge is 1.00 e. The van der Waals surface area contributed by atoms with Gasteiger partial charge in [0, 0.05) is 47.7 Å². The lowest BCUT2D eigenvalue weighted by Crippen LogP contribution is -3.00. The Balaban J connectivity index is 0.000000342. The predicted octanol–water partition coefficient (Wildman–Crippen LogP) is 5.68. The molecule has 0 atom stereocenters. The van der Waals surface area contributed by atoms with Crippen LogP contribution in [0.4, 0.5) is 42.5 Å². The number of nitrogens with one attached hydrogen (secondary N) is 2. The molecule has 2 N–H and O–H groups in total. The molecule has 0 aliphatic rings. The maximum Gasteiger partial charge on any atom is 0.573 e. The smallest absolute Gasteiger partial charge is 0.573 e.